The Kier molecular flexibility index (Phi) is 5.48. The molecule has 0 spiro atoms. The summed E-state index contributed by atoms with van der Waals surface area (Å²) in [6.07, 6.45) is 0.897. The summed E-state index contributed by atoms with van der Waals surface area (Å²) in [4.78, 5) is 26.9. The zero-order chi connectivity index (χ0) is 21.1. The van der Waals surface area contributed by atoms with E-state index in [2.05, 4.69) is 17.1 Å². The lowest BCUT2D eigenvalue weighted by Gasteiger charge is -2.21. The maximum atomic E-state index is 13.2. The van der Waals surface area contributed by atoms with E-state index in [-0.39, 0.29) is 17.2 Å². The first kappa shape index (κ1) is 19.6. The smallest absolute Gasteiger partial charge is 0.274 e. The average molecular weight is 401 g/mol. The minimum absolute atomic E-state index is 0.226. The Labute approximate surface area is 174 Å². The largest absolute Gasteiger partial charge is 0.493 e. The lowest BCUT2D eigenvalue weighted by Crippen LogP contribution is -2.29. The van der Waals surface area contributed by atoms with Gasteiger partial charge in [-0.25, -0.2) is 5.10 Å². The van der Waals surface area contributed by atoms with E-state index < -0.39 is 0 Å². The summed E-state index contributed by atoms with van der Waals surface area (Å²) in [6, 6.07) is 19.0. The van der Waals surface area contributed by atoms with E-state index in [0.717, 1.165) is 28.5 Å². The van der Waals surface area contributed by atoms with E-state index in [1.165, 1.54) is 0 Å². The summed E-state index contributed by atoms with van der Waals surface area (Å²) in [6.45, 7) is 3.02. The number of benzene rings is 3. The third-order valence-corrected chi connectivity index (χ3v) is 5.10. The van der Waals surface area contributed by atoms with Gasteiger partial charge < -0.3 is 9.64 Å². The number of carbonyl (C=O) groups excluding carboxylic acids is 1. The topological polar surface area (TPSA) is 75.3 Å². The SMILES string of the molecule is CCCOc1ccc2ccccc2c1CN(C)C(=O)c1n[nH]c(=O)c2ccccc12. The zero-order valence-corrected chi connectivity index (χ0v) is 17.0. The van der Waals surface area contributed by atoms with Crippen LogP contribution in [0.5, 0.6) is 5.75 Å². The highest BCUT2D eigenvalue weighted by Crippen LogP contribution is 2.30. The molecule has 0 fully saturated rings. The number of fused-ring (bicyclic) bond motifs is 2. The van der Waals surface area contributed by atoms with Gasteiger partial charge in [0.25, 0.3) is 11.5 Å². The van der Waals surface area contributed by atoms with Crippen molar-refractivity contribution in [3.05, 3.63) is 82.3 Å². The average Bonchev–Trinajstić information content (AvgIpc) is 2.78. The van der Waals surface area contributed by atoms with Crippen LogP contribution in [0.1, 0.15) is 29.4 Å². The number of amides is 1. The highest BCUT2D eigenvalue weighted by Gasteiger charge is 2.20. The van der Waals surface area contributed by atoms with Crippen LogP contribution in [0.15, 0.2) is 65.5 Å². The van der Waals surface area contributed by atoms with Crippen LogP contribution in [0, 0.1) is 0 Å². The van der Waals surface area contributed by atoms with Crippen molar-refractivity contribution in [2.75, 3.05) is 13.7 Å². The van der Waals surface area contributed by atoms with Gasteiger partial charge in [0.05, 0.1) is 12.0 Å². The maximum Gasteiger partial charge on any atom is 0.274 e. The van der Waals surface area contributed by atoms with Crippen LogP contribution < -0.4 is 10.3 Å². The Morgan fingerprint density at radius 2 is 1.70 bits per heavy atom. The molecule has 0 aliphatic rings. The number of H-pyrrole nitrogens is 1. The van der Waals surface area contributed by atoms with Crippen molar-refractivity contribution in [1.82, 2.24) is 15.1 Å². The van der Waals surface area contributed by atoms with E-state index in [1.54, 1.807) is 36.2 Å². The Morgan fingerprint density at radius 3 is 2.47 bits per heavy atom. The monoisotopic (exact) mass is 401 g/mol. The third-order valence-electron chi connectivity index (χ3n) is 5.10. The van der Waals surface area contributed by atoms with Crippen LogP contribution in [-0.4, -0.2) is 34.7 Å². The van der Waals surface area contributed by atoms with Crippen molar-refractivity contribution in [1.29, 1.82) is 0 Å². The molecule has 30 heavy (non-hydrogen) atoms. The van der Waals surface area contributed by atoms with Gasteiger partial charge in [-0.15, -0.1) is 0 Å². The first-order chi connectivity index (χ1) is 14.6. The number of carbonyl (C=O) groups is 1. The van der Waals surface area contributed by atoms with Gasteiger partial charge in [-0.2, -0.15) is 5.10 Å². The molecule has 1 amide bonds. The summed E-state index contributed by atoms with van der Waals surface area (Å²) in [5.41, 5.74) is 0.865. The number of aromatic amines is 1. The van der Waals surface area contributed by atoms with Crippen molar-refractivity contribution in [3.63, 3.8) is 0 Å². The molecule has 152 valence electrons. The van der Waals surface area contributed by atoms with E-state index in [0.29, 0.717) is 23.9 Å². The molecule has 0 radical (unpaired) electrons. The van der Waals surface area contributed by atoms with Crippen LogP contribution in [0.4, 0.5) is 0 Å². The van der Waals surface area contributed by atoms with Crippen molar-refractivity contribution < 1.29 is 9.53 Å². The molecule has 6 heteroatoms. The van der Waals surface area contributed by atoms with E-state index in [4.69, 9.17) is 4.74 Å². The lowest BCUT2D eigenvalue weighted by atomic mass is 10.0. The molecule has 0 bridgehead atoms. The van der Waals surface area contributed by atoms with Gasteiger partial charge in [0.1, 0.15) is 5.75 Å². The Balaban J connectivity index is 1.73. The second kappa shape index (κ2) is 8.37. The molecule has 0 aliphatic heterocycles. The van der Waals surface area contributed by atoms with Crippen LogP contribution in [0.3, 0.4) is 0 Å². The van der Waals surface area contributed by atoms with Gasteiger partial charge in [0.15, 0.2) is 5.69 Å². The molecule has 4 rings (SSSR count). The second-order valence-electron chi connectivity index (χ2n) is 7.22. The molecule has 0 saturated heterocycles. The van der Waals surface area contributed by atoms with Crippen molar-refractivity contribution in [2.45, 2.75) is 19.9 Å². The van der Waals surface area contributed by atoms with E-state index in [1.807, 2.05) is 36.4 Å². The second-order valence-corrected chi connectivity index (χ2v) is 7.22. The van der Waals surface area contributed by atoms with Crippen molar-refractivity contribution in [2.24, 2.45) is 0 Å². The number of nitrogens with zero attached hydrogens (tertiary/aromatic N) is 2. The molecular formula is C24H23N3O3. The van der Waals surface area contributed by atoms with Crippen molar-refractivity contribution in [3.8, 4) is 5.75 Å². The van der Waals surface area contributed by atoms with Crippen LogP contribution >= 0.6 is 0 Å². The maximum absolute atomic E-state index is 13.2. The molecule has 3 aromatic carbocycles. The fourth-order valence-corrected chi connectivity index (χ4v) is 3.59. The van der Waals surface area contributed by atoms with Gasteiger partial charge in [-0.1, -0.05) is 55.5 Å². The zero-order valence-electron chi connectivity index (χ0n) is 17.0. The van der Waals surface area contributed by atoms with Crippen LogP contribution in [-0.2, 0) is 6.54 Å². The molecule has 0 saturated carbocycles. The summed E-state index contributed by atoms with van der Waals surface area (Å²) in [7, 11) is 1.73. The molecule has 0 atom stereocenters. The van der Waals surface area contributed by atoms with Crippen molar-refractivity contribution >= 4 is 27.5 Å². The Morgan fingerprint density at radius 1 is 1.00 bits per heavy atom. The standard InChI is InChI=1S/C24H23N3O3/c1-3-14-30-21-13-12-16-8-4-5-9-17(16)20(21)15-27(2)24(29)22-18-10-6-7-11-19(18)23(28)26-25-22/h4-13H,3,14-15H2,1-2H3,(H,26,28). The Bertz CT molecular complexity index is 1280. The molecule has 0 unspecified atom stereocenters. The van der Waals surface area contributed by atoms with Crippen LogP contribution in [0.2, 0.25) is 0 Å². The van der Waals surface area contributed by atoms with Crippen LogP contribution in [0.25, 0.3) is 21.5 Å². The summed E-state index contributed by atoms with van der Waals surface area (Å²) < 4.78 is 5.97. The number of ether oxygens (including phenoxy) is 1. The molecule has 1 aromatic heterocycles. The van der Waals surface area contributed by atoms with Gasteiger partial charge in [-0.3, -0.25) is 9.59 Å². The summed E-state index contributed by atoms with van der Waals surface area (Å²) in [5, 5.41) is 9.60. The molecular weight excluding hydrogens is 378 g/mol. The number of rotatable bonds is 6. The highest BCUT2D eigenvalue weighted by molar-refractivity contribution is 6.04. The van der Waals surface area contributed by atoms with Gasteiger partial charge >= 0.3 is 0 Å². The molecule has 6 nitrogen and oxygen atoms in total. The normalized spacial score (nSPS) is 11.0. The predicted octanol–water partition coefficient (Wildman–Crippen LogP) is 4.14. The lowest BCUT2D eigenvalue weighted by molar-refractivity contribution is 0.0779. The quantitative estimate of drug-likeness (QED) is 0.527. The fraction of sp³-hybridized carbons (Fsp3) is 0.208. The minimum atomic E-state index is -0.311. The highest BCUT2D eigenvalue weighted by atomic mass is 16.5. The van der Waals surface area contributed by atoms with Gasteiger partial charge in [0, 0.05) is 24.5 Å². The number of hydrogen-bond acceptors (Lipinski definition) is 4. The fourth-order valence-electron chi connectivity index (χ4n) is 3.59. The minimum Gasteiger partial charge on any atom is -0.493 e. The first-order valence-corrected chi connectivity index (χ1v) is 9.96. The van der Waals surface area contributed by atoms with Gasteiger partial charge in [0.2, 0.25) is 0 Å². The van der Waals surface area contributed by atoms with E-state index >= 15 is 0 Å². The number of nitrogens with one attached hydrogen (secondary N) is 1. The summed E-state index contributed by atoms with van der Waals surface area (Å²) >= 11 is 0. The number of aromatic nitrogens is 2. The predicted molar refractivity (Wildman–Crippen MR) is 118 cm³/mol. The van der Waals surface area contributed by atoms with Gasteiger partial charge in [-0.05, 0) is 29.3 Å². The molecule has 0 aliphatic carbocycles. The summed E-state index contributed by atoms with van der Waals surface area (Å²) in [5.74, 6) is 0.506. The first-order valence-electron chi connectivity index (χ1n) is 9.96. The molecule has 4 aromatic rings. The number of hydrogen-bond donors (Lipinski definition) is 1. The third kappa shape index (κ3) is 3.64. The van der Waals surface area contributed by atoms with E-state index in [9.17, 15) is 9.59 Å². The molecule has 1 heterocycles. The Hall–Kier alpha value is -3.67. The molecule has 1 N–H and O–H groups in total.